The number of nitrogens with zero attached hydrogens (tertiary/aromatic N) is 1. The fourth-order valence-electron chi connectivity index (χ4n) is 2.79. The largest absolute Gasteiger partial charge is 0.322 e. The van der Waals surface area contributed by atoms with E-state index in [9.17, 15) is 4.79 Å². The third kappa shape index (κ3) is 1.44. The molecule has 2 aliphatic rings. The van der Waals surface area contributed by atoms with Crippen LogP contribution in [0.2, 0.25) is 0 Å². The van der Waals surface area contributed by atoms with Crippen molar-refractivity contribution in [3.05, 3.63) is 60.2 Å². The number of carbonyl (C=O) groups excluding carboxylic acids is 1. The van der Waals surface area contributed by atoms with Gasteiger partial charge in [0.15, 0.2) is 0 Å². The van der Waals surface area contributed by atoms with E-state index in [4.69, 9.17) is 0 Å². The monoisotopic (exact) mass is 225 g/mol. The molecule has 2 bridgehead atoms. The Hall–Kier alpha value is -1.83. The molecule has 0 radical (unpaired) electrons. The van der Waals surface area contributed by atoms with E-state index in [1.165, 1.54) is 11.1 Å². The lowest BCUT2D eigenvalue weighted by Crippen LogP contribution is -2.28. The van der Waals surface area contributed by atoms with Crippen molar-refractivity contribution in [3.8, 4) is 0 Å². The molecule has 0 aromatic heterocycles. The zero-order valence-corrected chi connectivity index (χ0v) is 9.67. The summed E-state index contributed by atoms with van der Waals surface area (Å²) in [6.07, 6.45) is 7.39. The maximum Gasteiger partial charge on any atom is 0.224 e. The lowest BCUT2D eigenvalue weighted by Gasteiger charge is -2.22. The first kappa shape index (κ1) is 10.3. The van der Waals surface area contributed by atoms with Crippen LogP contribution in [0.25, 0.3) is 0 Å². The van der Waals surface area contributed by atoms with E-state index in [0.717, 1.165) is 6.42 Å². The average molecular weight is 225 g/mol. The van der Waals surface area contributed by atoms with Gasteiger partial charge in [-0.2, -0.15) is 0 Å². The summed E-state index contributed by atoms with van der Waals surface area (Å²) in [6.45, 7) is 3.67. The molecule has 1 aromatic rings. The first-order chi connectivity index (χ1) is 8.33. The molecule has 0 unspecified atom stereocenters. The van der Waals surface area contributed by atoms with Crippen molar-refractivity contribution in [3.63, 3.8) is 0 Å². The maximum absolute atomic E-state index is 12.2. The van der Waals surface area contributed by atoms with Gasteiger partial charge in [0.1, 0.15) is 0 Å². The van der Waals surface area contributed by atoms with E-state index >= 15 is 0 Å². The molecule has 2 atom stereocenters. The molecule has 3 rings (SSSR count). The standard InChI is InChI=1S/C15H15NO/c1-2-3-8-15(17)16-13-9-10-14(16)12-7-5-4-6-11(12)13/h2,4-7,9-10,13-14H,1,3,8H2/t13-,14+. The van der Waals surface area contributed by atoms with Crippen LogP contribution in [0.4, 0.5) is 0 Å². The second-order valence-corrected chi connectivity index (χ2v) is 4.53. The number of fused-ring (bicyclic) bond motifs is 5. The highest BCUT2D eigenvalue weighted by molar-refractivity contribution is 5.80. The summed E-state index contributed by atoms with van der Waals surface area (Å²) in [5, 5.41) is 0. The lowest BCUT2D eigenvalue weighted by molar-refractivity contribution is -0.133. The van der Waals surface area contributed by atoms with Gasteiger partial charge in [-0.3, -0.25) is 4.79 Å². The third-order valence-corrected chi connectivity index (χ3v) is 3.56. The highest BCUT2D eigenvalue weighted by Crippen LogP contribution is 2.48. The van der Waals surface area contributed by atoms with Crippen molar-refractivity contribution in [1.29, 1.82) is 0 Å². The van der Waals surface area contributed by atoms with Crippen molar-refractivity contribution >= 4 is 5.91 Å². The van der Waals surface area contributed by atoms with Crippen LogP contribution in [0.15, 0.2) is 49.1 Å². The summed E-state index contributed by atoms with van der Waals surface area (Å²) in [4.78, 5) is 14.2. The molecule has 86 valence electrons. The number of carbonyl (C=O) groups is 1. The van der Waals surface area contributed by atoms with Gasteiger partial charge in [-0.25, -0.2) is 0 Å². The van der Waals surface area contributed by atoms with E-state index in [2.05, 4.69) is 30.9 Å². The van der Waals surface area contributed by atoms with Gasteiger partial charge in [-0.1, -0.05) is 42.5 Å². The van der Waals surface area contributed by atoms with Crippen molar-refractivity contribution < 1.29 is 4.79 Å². The van der Waals surface area contributed by atoms with Gasteiger partial charge in [0, 0.05) is 6.42 Å². The molecule has 17 heavy (non-hydrogen) atoms. The van der Waals surface area contributed by atoms with Crippen LogP contribution < -0.4 is 0 Å². The molecule has 0 spiro atoms. The van der Waals surface area contributed by atoms with Crippen molar-refractivity contribution in [2.45, 2.75) is 24.9 Å². The summed E-state index contributed by atoms with van der Waals surface area (Å²) in [5.74, 6) is 0.223. The molecular weight excluding hydrogens is 210 g/mol. The van der Waals surface area contributed by atoms with Crippen LogP contribution in [0.3, 0.4) is 0 Å². The molecule has 0 aliphatic carbocycles. The second kappa shape index (κ2) is 3.88. The van der Waals surface area contributed by atoms with Gasteiger partial charge < -0.3 is 4.90 Å². The molecule has 2 nitrogen and oxygen atoms in total. The molecule has 0 fully saturated rings. The predicted octanol–water partition coefficient (Wildman–Crippen LogP) is 3.15. The Kier molecular flexibility index (Phi) is 2.36. The predicted molar refractivity (Wildman–Crippen MR) is 67.3 cm³/mol. The zero-order valence-electron chi connectivity index (χ0n) is 9.67. The average Bonchev–Trinajstić information content (AvgIpc) is 2.93. The van der Waals surface area contributed by atoms with Crippen LogP contribution in [0, 0.1) is 0 Å². The Morgan fingerprint density at radius 2 is 1.82 bits per heavy atom. The molecule has 2 heterocycles. The number of amides is 1. The van der Waals surface area contributed by atoms with Gasteiger partial charge >= 0.3 is 0 Å². The van der Waals surface area contributed by atoms with Gasteiger partial charge in [0.2, 0.25) is 5.91 Å². The molecule has 0 saturated carbocycles. The van der Waals surface area contributed by atoms with E-state index in [1.54, 1.807) is 6.08 Å². The van der Waals surface area contributed by atoms with E-state index in [1.807, 2.05) is 17.0 Å². The molecule has 1 amide bonds. The van der Waals surface area contributed by atoms with Crippen molar-refractivity contribution in [2.24, 2.45) is 0 Å². The molecule has 2 heteroatoms. The van der Waals surface area contributed by atoms with Crippen LogP contribution in [0.5, 0.6) is 0 Å². The van der Waals surface area contributed by atoms with Crippen LogP contribution in [-0.4, -0.2) is 10.8 Å². The minimum atomic E-state index is 0.161. The minimum absolute atomic E-state index is 0.161. The number of rotatable bonds is 3. The van der Waals surface area contributed by atoms with Crippen LogP contribution >= 0.6 is 0 Å². The third-order valence-electron chi connectivity index (χ3n) is 3.56. The topological polar surface area (TPSA) is 20.3 Å². The zero-order chi connectivity index (χ0) is 11.8. The molecular formula is C15H15NO. The molecule has 1 aromatic carbocycles. The fourth-order valence-corrected chi connectivity index (χ4v) is 2.79. The van der Waals surface area contributed by atoms with Crippen LogP contribution in [-0.2, 0) is 4.79 Å². The molecule has 2 aliphatic heterocycles. The minimum Gasteiger partial charge on any atom is -0.322 e. The summed E-state index contributed by atoms with van der Waals surface area (Å²) >= 11 is 0. The van der Waals surface area contributed by atoms with Gasteiger partial charge in [-0.05, 0) is 17.5 Å². The smallest absolute Gasteiger partial charge is 0.224 e. The summed E-state index contributed by atoms with van der Waals surface area (Å²) in [6, 6.07) is 8.65. The second-order valence-electron chi connectivity index (χ2n) is 4.53. The molecule has 0 N–H and O–H groups in total. The Morgan fingerprint density at radius 1 is 1.24 bits per heavy atom. The SMILES string of the molecule is C=CCCC(=O)N1[C@@H]2C=C[C@H]1c1ccccc12. The quantitative estimate of drug-likeness (QED) is 0.724. The van der Waals surface area contributed by atoms with Crippen LogP contribution in [0.1, 0.15) is 36.1 Å². The number of hydrogen-bond donors (Lipinski definition) is 0. The Morgan fingerprint density at radius 3 is 2.35 bits per heavy atom. The Balaban J connectivity index is 1.88. The maximum atomic E-state index is 12.2. The fraction of sp³-hybridized carbons (Fsp3) is 0.267. The highest BCUT2D eigenvalue weighted by atomic mass is 16.2. The van der Waals surface area contributed by atoms with E-state index in [0.29, 0.717) is 6.42 Å². The van der Waals surface area contributed by atoms with Gasteiger partial charge in [-0.15, -0.1) is 6.58 Å². The van der Waals surface area contributed by atoms with Crippen molar-refractivity contribution in [1.82, 2.24) is 4.90 Å². The summed E-state index contributed by atoms with van der Waals surface area (Å²) in [7, 11) is 0. The highest BCUT2D eigenvalue weighted by Gasteiger charge is 2.41. The van der Waals surface area contributed by atoms with E-state index < -0.39 is 0 Å². The normalized spacial score (nSPS) is 23.9. The number of hydrogen-bond acceptors (Lipinski definition) is 1. The summed E-state index contributed by atoms with van der Waals surface area (Å²) < 4.78 is 0. The number of allylic oxidation sites excluding steroid dienone is 1. The van der Waals surface area contributed by atoms with Gasteiger partial charge in [0.05, 0.1) is 12.1 Å². The number of benzene rings is 1. The van der Waals surface area contributed by atoms with Crippen molar-refractivity contribution in [2.75, 3.05) is 0 Å². The molecule has 0 saturated heterocycles. The Labute approximate surface area is 101 Å². The first-order valence-corrected chi connectivity index (χ1v) is 6.02. The first-order valence-electron chi connectivity index (χ1n) is 6.02. The summed E-state index contributed by atoms with van der Waals surface area (Å²) in [5.41, 5.74) is 2.57. The lowest BCUT2D eigenvalue weighted by atomic mass is 9.97. The van der Waals surface area contributed by atoms with E-state index in [-0.39, 0.29) is 18.0 Å². The Bertz CT molecular complexity index is 470. The van der Waals surface area contributed by atoms with Gasteiger partial charge in [0.25, 0.3) is 0 Å².